The number of hydrogen-bond donors (Lipinski definition) is 1. The number of carboxylic acid groups (broad SMARTS) is 1. The van der Waals surface area contributed by atoms with Crippen molar-refractivity contribution in [2.45, 2.75) is 38.3 Å². The van der Waals surface area contributed by atoms with Crippen LogP contribution in [0.3, 0.4) is 0 Å². The molecule has 0 saturated carbocycles. The van der Waals surface area contributed by atoms with Crippen molar-refractivity contribution in [1.82, 2.24) is 4.90 Å². The molecule has 4 heteroatoms. The molecule has 3 nitrogen and oxygen atoms in total. The summed E-state index contributed by atoms with van der Waals surface area (Å²) in [4.78, 5) is 13.4. The fourth-order valence-electron chi connectivity index (χ4n) is 2.62. The number of hydrogen-bond acceptors (Lipinski definition) is 2. The predicted octanol–water partition coefficient (Wildman–Crippen LogP) is 3.29. The summed E-state index contributed by atoms with van der Waals surface area (Å²) in [6, 6.07) is 8.19. The van der Waals surface area contributed by atoms with Crippen LogP contribution in [0.5, 0.6) is 0 Å². The molecule has 0 aromatic heterocycles. The van der Waals surface area contributed by atoms with Gasteiger partial charge in [0.15, 0.2) is 0 Å². The highest BCUT2D eigenvalue weighted by molar-refractivity contribution is 14.1. The lowest BCUT2D eigenvalue weighted by Crippen LogP contribution is -2.45. The summed E-state index contributed by atoms with van der Waals surface area (Å²) >= 11 is 2.28. The monoisotopic (exact) mass is 359 g/mol. The number of carbonyl (C=O) groups is 1. The second-order valence-corrected chi connectivity index (χ2v) is 6.06. The minimum atomic E-state index is -0.688. The third-order valence-electron chi connectivity index (χ3n) is 3.68. The Morgan fingerprint density at radius 3 is 2.67 bits per heavy atom. The van der Waals surface area contributed by atoms with Gasteiger partial charge in [0.2, 0.25) is 0 Å². The molecule has 2 atom stereocenters. The molecule has 0 amide bonds. The first-order valence-electron chi connectivity index (χ1n) is 6.33. The molecule has 1 N–H and O–H groups in total. The fraction of sp³-hybridized carbons (Fsp3) is 0.500. The molecular weight excluding hydrogens is 341 g/mol. The number of piperidine rings is 1. The van der Waals surface area contributed by atoms with Crippen LogP contribution in [0.1, 0.15) is 37.8 Å². The molecule has 1 aromatic rings. The van der Waals surface area contributed by atoms with Gasteiger partial charge in [-0.15, -0.1) is 0 Å². The van der Waals surface area contributed by atoms with E-state index in [1.165, 1.54) is 9.13 Å². The number of halogens is 1. The van der Waals surface area contributed by atoms with Crippen LogP contribution >= 0.6 is 22.6 Å². The van der Waals surface area contributed by atoms with Crippen LogP contribution in [0.2, 0.25) is 0 Å². The number of nitrogens with zero attached hydrogens (tertiary/aromatic N) is 1. The summed E-state index contributed by atoms with van der Waals surface area (Å²) in [6.45, 7) is 2.98. The van der Waals surface area contributed by atoms with Gasteiger partial charge in [0.25, 0.3) is 0 Å². The van der Waals surface area contributed by atoms with Crippen molar-refractivity contribution in [3.63, 3.8) is 0 Å². The van der Waals surface area contributed by atoms with Gasteiger partial charge in [-0.2, -0.15) is 0 Å². The van der Waals surface area contributed by atoms with E-state index < -0.39 is 5.97 Å². The van der Waals surface area contributed by atoms with Gasteiger partial charge >= 0.3 is 5.97 Å². The van der Waals surface area contributed by atoms with E-state index in [2.05, 4.69) is 58.7 Å². The van der Waals surface area contributed by atoms with Crippen molar-refractivity contribution in [3.8, 4) is 0 Å². The van der Waals surface area contributed by atoms with Crippen molar-refractivity contribution >= 4 is 28.6 Å². The number of rotatable bonds is 3. The molecule has 1 aromatic carbocycles. The smallest absolute Gasteiger partial charge is 0.320 e. The second kappa shape index (κ2) is 6.02. The van der Waals surface area contributed by atoms with Crippen LogP contribution in [0.4, 0.5) is 0 Å². The number of benzene rings is 1. The largest absolute Gasteiger partial charge is 0.480 e. The average Bonchev–Trinajstić information content (AvgIpc) is 2.39. The zero-order valence-electron chi connectivity index (χ0n) is 10.5. The van der Waals surface area contributed by atoms with E-state index in [-0.39, 0.29) is 12.1 Å². The first-order chi connectivity index (χ1) is 8.59. The van der Waals surface area contributed by atoms with Crippen molar-refractivity contribution in [2.75, 3.05) is 6.54 Å². The molecule has 98 valence electrons. The Bertz CT molecular complexity index is 418. The molecule has 1 fully saturated rings. The van der Waals surface area contributed by atoms with Crippen molar-refractivity contribution in [1.29, 1.82) is 0 Å². The lowest BCUT2D eigenvalue weighted by molar-refractivity contribution is -0.145. The highest BCUT2D eigenvalue weighted by atomic mass is 127. The fourth-order valence-corrected chi connectivity index (χ4v) is 2.97. The van der Waals surface area contributed by atoms with Gasteiger partial charge in [-0.1, -0.05) is 18.6 Å². The summed E-state index contributed by atoms with van der Waals surface area (Å²) in [5.74, 6) is -0.688. The Morgan fingerprint density at radius 2 is 2.06 bits per heavy atom. The highest BCUT2D eigenvalue weighted by Crippen LogP contribution is 2.28. The van der Waals surface area contributed by atoms with E-state index in [0.717, 1.165) is 25.8 Å². The van der Waals surface area contributed by atoms with Crippen molar-refractivity contribution in [2.24, 2.45) is 0 Å². The van der Waals surface area contributed by atoms with Crippen molar-refractivity contribution in [3.05, 3.63) is 33.4 Å². The SMILES string of the molecule is CC(c1ccc(I)cc1)N1CCCCC1C(=O)O. The molecule has 18 heavy (non-hydrogen) atoms. The van der Waals surface area contributed by atoms with E-state index in [9.17, 15) is 9.90 Å². The molecule has 2 unspecified atom stereocenters. The van der Waals surface area contributed by atoms with E-state index >= 15 is 0 Å². The summed E-state index contributed by atoms with van der Waals surface area (Å²) in [5.41, 5.74) is 1.20. The molecule has 0 aliphatic carbocycles. The van der Waals surface area contributed by atoms with Crippen LogP contribution in [0, 0.1) is 3.57 Å². The van der Waals surface area contributed by atoms with Gasteiger partial charge in [-0.05, 0) is 66.6 Å². The van der Waals surface area contributed by atoms with Gasteiger partial charge in [0, 0.05) is 9.61 Å². The molecule has 1 aliphatic rings. The van der Waals surface area contributed by atoms with Gasteiger partial charge in [-0.25, -0.2) is 0 Å². The maximum atomic E-state index is 11.3. The molecule has 1 aliphatic heterocycles. The minimum Gasteiger partial charge on any atom is -0.480 e. The van der Waals surface area contributed by atoms with E-state index in [1.54, 1.807) is 0 Å². The van der Waals surface area contributed by atoms with Gasteiger partial charge in [0.05, 0.1) is 0 Å². The summed E-state index contributed by atoms with van der Waals surface area (Å²) in [5, 5.41) is 9.31. The van der Waals surface area contributed by atoms with Gasteiger partial charge in [0.1, 0.15) is 6.04 Å². The van der Waals surface area contributed by atoms with Crippen LogP contribution in [0.15, 0.2) is 24.3 Å². The zero-order valence-corrected chi connectivity index (χ0v) is 12.6. The second-order valence-electron chi connectivity index (χ2n) is 4.82. The number of likely N-dealkylation sites (tertiary alicyclic amines) is 1. The Morgan fingerprint density at radius 1 is 1.39 bits per heavy atom. The molecule has 1 heterocycles. The molecular formula is C14H18INO2. The molecule has 0 spiro atoms. The maximum Gasteiger partial charge on any atom is 0.320 e. The Balaban J connectivity index is 2.17. The third kappa shape index (κ3) is 3.03. The van der Waals surface area contributed by atoms with Crippen molar-refractivity contribution < 1.29 is 9.90 Å². The zero-order chi connectivity index (χ0) is 13.1. The molecule has 2 rings (SSSR count). The normalized spacial score (nSPS) is 22.7. The average molecular weight is 359 g/mol. The maximum absolute atomic E-state index is 11.3. The molecule has 0 bridgehead atoms. The van der Waals surface area contributed by atoms with Crippen LogP contribution < -0.4 is 0 Å². The van der Waals surface area contributed by atoms with Gasteiger partial charge < -0.3 is 5.11 Å². The topological polar surface area (TPSA) is 40.5 Å². The number of aliphatic carboxylic acids is 1. The third-order valence-corrected chi connectivity index (χ3v) is 4.40. The van der Waals surface area contributed by atoms with E-state index in [4.69, 9.17) is 0 Å². The summed E-state index contributed by atoms with van der Waals surface area (Å²) in [6.07, 6.45) is 2.88. The van der Waals surface area contributed by atoms with Crippen LogP contribution in [-0.2, 0) is 4.79 Å². The number of carboxylic acids is 1. The first kappa shape index (κ1) is 13.8. The highest BCUT2D eigenvalue weighted by Gasteiger charge is 2.31. The Labute approximate surface area is 121 Å². The Hall–Kier alpha value is -0.620. The van der Waals surface area contributed by atoms with E-state index in [0.29, 0.717) is 0 Å². The molecule has 1 saturated heterocycles. The summed E-state index contributed by atoms with van der Waals surface area (Å²) in [7, 11) is 0. The standard InChI is InChI=1S/C14H18INO2/c1-10(11-5-7-12(15)8-6-11)16-9-3-2-4-13(16)14(17)18/h5-8,10,13H,2-4,9H2,1H3,(H,17,18). The minimum absolute atomic E-state index is 0.170. The Kier molecular flexibility index (Phi) is 4.61. The van der Waals surface area contributed by atoms with E-state index in [1.807, 2.05) is 0 Å². The van der Waals surface area contributed by atoms with Crippen LogP contribution in [-0.4, -0.2) is 28.6 Å². The van der Waals surface area contributed by atoms with Crippen LogP contribution in [0.25, 0.3) is 0 Å². The summed E-state index contributed by atoms with van der Waals surface area (Å²) < 4.78 is 1.21. The first-order valence-corrected chi connectivity index (χ1v) is 7.41. The lowest BCUT2D eigenvalue weighted by atomic mass is 9.97. The predicted molar refractivity (Wildman–Crippen MR) is 79.6 cm³/mol. The quantitative estimate of drug-likeness (QED) is 0.842. The van der Waals surface area contributed by atoms with Gasteiger partial charge in [-0.3, -0.25) is 9.69 Å². The molecule has 0 radical (unpaired) electrons. The lowest BCUT2D eigenvalue weighted by Gasteiger charge is -2.37.